The number of amides is 2. The maximum absolute atomic E-state index is 13.7. The average molecular weight is 432 g/mol. The van der Waals surface area contributed by atoms with Gasteiger partial charge < -0.3 is 16.0 Å². The van der Waals surface area contributed by atoms with Crippen molar-refractivity contribution in [3.63, 3.8) is 0 Å². The third kappa shape index (κ3) is 6.00. The second-order valence-electron chi connectivity index (χ2n) is 5.99. The maximum Gasteiger partial charge on any atom is 0.237 e. The van der Waals surface area contributed by atoms with Crippen LogP contribution in [0.4, 0.5) is 26.6 Å². The number of nitrogens with zero attached hydrogens (tertiary/aromatic N) is 2. The Hall–Kier alpha value is -2.98. The number of halogens is 1. The van der Waals surface area contributed by atoms with Gasteiger partial charge >= 0.3 is 0 Å². The average Bonchev–Trinajstić information content (AvgIpc) is 3.11. The molecule has 3 N–H and O–H groups in total. The molecule has 0 bridgehead atoms. The summed E-state index contributed by atoms with van der Waals surface area (Å²) in [6.07, 6.45) is 0. The molecule has 2 aromatic carbocycles. The Labute approximate surface area is 175 Å². The molecule has 0 aliphatic heterocycles. The lowest BCUT2D eigenvalue weighted by molar-refractivity contribution is -0.115. The number of aromatic nitrogens is 2. The lowest BCUT2D eigenvalue weighted by Gasteiger charge is -2.11. The van der Waals surface area contributed by atoms with E-state index in [1.165, 1.54) is 36.1 Å². The van der Waals surface area contributed by atoms with E-state index in [0.717, 1.165) is 0 Å². The van der Waals surface area contributed by atoms with Gasteiger partial charge in [-0.2, -0.15) is 0 Å². The van der Waals surface area contributed by atoms with E-state index in [-0.39, 0.29) is 17.6 Å². The van der Waals surface area contributed by atoms with E-state index in [9.17, 15) is 14.0 Å². The van der Waals surface area contributed by atoms with Gasteiger partial charge in [0.05, 0.1) is 10.9 Å². The highest BCUT2D eigenvalue weighted by atomic mass is 32.2. The predicted molar refractivity (Wildman–Crippen MR) is 114 cm³/mol. The molecule has 0 radical (unpaired) electrons. The van der Waals surface area contributed by atoms with Gasteiger partial charge in [0.2, 0.25) is 16.9 Å². The Morgan fingerprint density at radius 1 is 1.03 bits per heavy atom. The molecule has 0 spiro atoms. The van der Waals surface area contributed by atoms with Gasteiger partial charge in [0.15, 0.2) is 4.34 Å². The number of carbonyl (C=O) groups excluding carboxylic acids is 2. The highest BCUT2D eigenvalue weighted by molar-refractivity contribution is 8.02. The van der Waals surface area contributed by atoms with E-state index in [4.69, 9.17) is 0 Å². The largest absolute Gasteiger partial charge is 0.328 e. The van der Waals surface area contributed by atoms with Gasteiger partial charge in [-0.1, -0.05) is 35.2 Å². The van der Waals surface area contributed by atoms with Gasteiger partial charge in [0.25, 0.3) is 0 Å². The molecule has 0 fully saturated rings. The fraction of sp³-hybridized carbons (Fsp3) is 0.158. The van der Waals surface area contributed by atoms with E-state index in [0.29, 0.717) is 26.5 Å². The van der Waals surface area contributed by atoms with Gasteiger partial charge in [0.1, 0.15) is 5.82 Å². The Bertz CT molecular complexity index is 1010. The van der Waals surface area contributed by atoms with Crippen molar-refractivity contribution in [3.8, 4) is 0 Å². The molecule has 1 heterocycles. The summed E-state index contributed by atoms with van der Waals surface area (Å²) in [5.74, 6) is -0.733. The number of nitrogens with one attached hydrogen (secondary N) is 3. The molecule has 3 aromatic rings. The number of benzene rings is 2. The van der Waals surface area contributed by atoms with Gasteiger partial charge in [0, 0.05) is 18.3 Å². The van der Waals surface area contributed by atoms with E-state index in [1.807, 2.05) is 0 Å². The normalized spacial score (nSPS) is 11.6. The zero-order chi connectivity index (χ0) is 20.8. The maximum atomic E-state index is 13.7. The first-order chi connectivity index (χ1) is 13.9. The second kappa shape index (κ2) is 9.48. The lowest BCUT2D eigenvalue weighted by Crippen LogP contribution is -2.22. The van der Waals surface area contributed by atoms with Crippen LogP contribution in [0.3, 0.4) is 0 Å². The number of hydrogen-bond acceptors (Lipinski definition) is 7. The third-order valence-electron chi connectivity index (χ3n) is 3.64. The fourth-order valence-corrected chi connectivity index (χ4v) is 4.18. The van der Waals surface area contributed by atoms with Crippen LogP contribution in [0.1, 0.15) is 13.8 Å². The van der Waals surface area contributed by atoms with Crippen molar-refractivity contribution in [2.45, 2.75) is 23.4 Å². The molecule has 1 aromatic heterocycles. The number of hydrogen-bond donors (Lipinski definition) is 3. The highest BCUT2D eigenvalue weighted by Crippen LogP contribution is 2.31. The van der Waals surface area contributed by atoms with Crippen LogP contribution in [0.2, 0.25) is 0 Å². The lowest BCUT2D eigenvalue weighted by atomic mass is 10.2. The standard InChI is InChI=1S/C19H18FN5O2S2/c1-11(17(27)22-14-9-7-13(8-10-14)21-12(2)26)28-19-25-24-18(29-19)23-16-6-4-3-5-15(16)20/h3-11H,1-2H3,(H,21,26)(H,22,27)(H,23,24). The summed E-state index contributed by atoms with van der Waals surface area (Å²) < 4.78 is 14.3. The summed E-state index contributed by atoms with van der Waals surface area (Å²) in [6, 6.07) is 13.1. The molecular formula is C19H18FN5O2S2. The SMILES string of the molecule is CC(=O)Nc1ccc(NC(=O)C(C)Sc2nnc(Nc3ccccc3F)s2)cc1. The van der Waals surface area contributed by atoms with Crippen LogP contribution in [-0.4, -0.2) is 27.3 Å². The van der Waals surface area contributed by atoms with Gasteiger partial charge in [-0.05, 0) is 43.3 Å². The van der Waals surface area contributed by atoms with Crippen LogP contribution in [0.5, 0.6) is 0 Å². The van der Waals surface area contributed by atoms with Crippen molar-refractivity contribution in [1.29, 1.82) is 0 Å². The molecule has 0 saturated carbocycles. The number of para-hydroxylation sites is 1. The molecule has 29 heavy (non-hydrogen) atoms. The minimum atomic E-state index is -0.417. The third-order valence-corrected chi connectivity index (χ3v) is 5.66. The Balaban J connectivity index is 1.55. The van der Waals surface area contributed by atoms with E-state index in [1.54, 1.807) is 49.4 Å². The topological polar surface area (TPSA) is 96.0 Å². The zero-order valence-corrected chi connectivity index (χ0v) is 17.2. The summed E-state index contributed by atoms with van der Waals surface area (Å²) in [7, 11) is 0. The van der Waals surface area contributed by atoms with Crippen molar-refractivity contribution in [1.82, 2.24) is 10.2 Å². The van der Waals surface area contributed by atoms with E-state index >= 15 is 0 Å². The van der Waals surface area contributed by atoms with E-state index in [2.05, 4.69) is 26.1 Å². The summed E-state index contributed by atoms with van der Waals surface area (Å²) >= 11 is 2.50. The molecule has 1 atom stereocenters. The molecule has 3 rings (SSSR count). The van der Waals surface area contributed by atoms with Crippen molar-refractivity contribution in [2.24, 2.45) is 0 Å². The van der Waals surface area contributed by atoms with Crippen LogP contribution in [0, 0.1) is 5.82 Å². The molecule has 150 valence electrons. The second-order valence-corrected chi connectivity index (χ2v) is 8.55. The first-order valence-corrected chi connectivity index (χ1v) is 10.3. The Kier molecular flexibility index (Phi) is 6.78. The monoisotopic (exact) mass is 431 g/mol. The number of rotatable bonds is 7. The molecule has 7 nitrogen and oxygen atoms in total. The molecule has 10 heteroatoms. The molecule has 1 unspecified atom stereocenters. The van der Waals surface area contributed by atoms with Crippen molar-refractivity contribution < 1.29 is 14.0 Å². The molecule has 0 saturated heterocycles. The minimum absolute atomic E-state index is 0.160. The first kappa shape index (κ1) is 20.7. The fourth-order valence-electron chi connectivity index (χ4n) is 2.27. The van der Waals surface area contributed by atoms with Crippen LogP contribution in [0.15, 0.2) is 52.9 Å². The van der Waals surface area contributed by atoms with Crippen LogP contribution >= 0.6 is 23.1 Å². The number of carbonyl (C=O) groups is 2. The van der Waals surface area contributed by atoms with Crippen molar-refractivity contribution >= 4 is 57.1 Å². The summed E-state index contributed by atoms with van der Waals surface area (Å²) in [4.78, 5) is 23.5. The first-order valence-electron chi connectivity index (χ1n) is 8.61. The number of anilines is 4. The molecular weight excluding hydrogens is 413 g/mol. The zero-order valence-electron chi connectivity index (χ0n) is 15.6. The predicted octanol–water partition coefficient (Wildman–Crippen LogP) is 4.50. The smallest absolute Gasteiger partial charge is 0.237 e. The summed E-state index contributed by atoms with van der Waals surface area (Å²) in [6.45, 7) is 3.19. The summed E-state index contributed by atoms with van der Waals surface area (Å²) in [5, 5.41) is 16.4. The Morgan fingerprint density at radius 3 is 2.34 bits per heavy atom. The van der Waals surface area contributed by atoms with Crippen molar-refractivity contribution in [2.75, 3.05) is 16.0 Å². The summed E-state index contributed by atoms with van der Waals surface area (Å²) in [5.41, 5.74) is 1.59. The molecule has 2 amide bonds. The van der Waals surface area contributed by atoms with Gasteiger partial charge in [-0.3, -0.25) is 9.59 Å². The minimum Gasteiger partial charge on any atom is -0.328 e. The quantitative estimate of drug-likeness (QED) is 0.477. The Morgan fingerprint density at radius 2 is 1.69 bits per heavy atom. The van der Waals surface area contributed by atoms with Crippen molar-refractivity contribution in [3.05, 3.63) is 54.3 Å². The highest BCUT2D eigenvalue weighted by Gasteiger charge is 2.18. The van der Waals surface area contributed by atoms with Crippen LogP contribution in [-0.2, 0) is 9.59 Å². The van der Waals surface area contributed by atoms with Gasteiger partial charge in [-0.15, -0.1) is 10.2 Å². The number of thioether (sulfide) groups is 1. The molecule has 0 aliphatic carbocycles. The van der Waals surface area contributed by atoms with Crippen LogP contribution < -0.4 is 16.0 Å². The van der Waals surface area contributed by atoms with Crippen LogP contribution in [0.25, 0.3) is 0 Å². The molecule has 0 aliphatic rings. The van der Waals surface area contributed by atoms with Gasteiger partial charge in [-0.25, -0.2) is 4.39 Å². The van der Waals surface area contributed by atoms with E-state index < -0.39 is 5.25 Å².